The van der Waals surface area contributed by atoms with E-state index in [0.29, 0.717) is 12.4 Å². The predicted molar refractivity (Wildman–Crippen MR) is 105 cm³/mol. The number of carbonyl (C=O) groups is 1. The van der Waals surface area contributed by atoms with Gasteiger partial charge in [0.05, 0.1) is 18.3 Å². The summed E-state index contributed by atoms with van der Waals surface area (Å²) < 4.78 is 3.58. The fourth-order valence-electron chi connectivity index (χ4n) is 3.02. The van der Waals surface area contributed by atoms with Gasteiger partial charge < -0.3 is 9.88 Å². The number of benzene rings is 1. The van der Waals surface area contributed by atoms with Crippen LogP contribution in [0.1, 0.15) is 34.7 Å². The molecule has 0 spiro atoms. The van der Waals surface area contributed by atoms with Crippen molar-refractivity contribution in [2.75, 3.05) is 0 Å². The Kier molecular flexibility index (Phi) is 4.97. The summed E-state index contributed by atoms with van der Waals surface area (Å²) >= 11 is 0. The molecule has 28 heavy (non-hydrogen) atoms. The molecule has 0 aliphatic carbocycles. The van der Waals surface area contributed by atoms with Gasteiger partial charge in [0.25, 0.3) is 5.91 Å². The van der Waals surface area contributed by atoms with Crippen LogP contribution in [0.15, 0.2) is 79.3 Å². The van der Waals surface area contributed by atoms with Crippen LogP contribution in [0, 0.1) is 0 Å². The molecule has 0 radical (unpaired) electrons. The Labute approximate surface area is 162 Å². The van der Waals surface area contributed by atoms with Gasteiger partial charge in [0.15, 0.2) is 11.5 Å². The van der Waals surface area contributed by atoms with Gasteiger partial charge >= 0.3 is 0 Å². The van der Waals surface area contributed by atoms with Crippen molar-refractivity contribution in [2.45, 2.75) is 19.5 Å². The second kappa shape index (κ2) is 7.87. The molecule has 3 heterocycles. The molecule has 0 unspecified atom stereocenters. The zero-order valence-electron chi connectivity index (χ0n) is 15.4. The first-order valence-corrected chi connectivity index (χ1v) is 9.05. The quantitative estimate of drug-likeness (QED) is 0.564. The molecule has 0 saturated carbocycles. The van der Waals surface area contributed by atoms with Crippen LogP contribution in [0.2, 0.25) is 0 Å². The zero-order valence-corrected chi connectivity index (χ0v) is 15.4. The molecule has 1 amide bonds. The summed E-state index contributed by atoms with van der Waals surface area (Å²) in [7, 11) is 0. The highest BCUT2D eigenvalue weighted by molar-refractivity contribution is 5.95. The smallest absolute Gasteiger partial charge is 0.276 e. The summed E-state index contributed by atoms with van der Waals surface area (Å²) in [5.74, 6) is 0.334. The standard InChI is InChI=1S/C21H20N6O/c1-16(18-11-5-6-12-22-18)23-20(28)19-21(26-13-7-8-14-26)27(25-24-19)15-17-9-3-2-4-10-17/h2-14,16H,15H2,1H3,(H,23,28)/t16-/m0/s1. The largest absolute Gasteiger partial charge is 0.342 e. The van der Waals surface area contributed by atoms with Crippen LogP contribution < -0.4 is 5.32 Å². The van der Waals surface area contributed by atoms with Crippen molar-refractivity contribution in [2.24, 2.45) is 0 Å². The molecule has 4 aromatic rings. The zero-order chi connectivity index (χ0) is 19.3. The average molecular weight is 372 g/mol. The first-order valence-electron chi connectivity index (χ1n) is 9.05. The van der Waals surface area contributed by atoms with Crippen LogP contribution in [0.4, 0.5) is 0 Å². The summed E-state index contributed by atoms with van der Waals surface area (Å²) in [5.41, 5.74) is 2.14. The van der Waals surface area contributed by atoms with Crippen LogP contribution in [0.25, 0.3) is 5.82 Å². The summed E-state index contributed by atoms with van der Waals surface area (Å²) in [4.78, 5) is 17.2. The topological polar surface area (TPSA) is 77.6 Å². The molecular weight excluding hydrogens is 352 g/mol. The van der Waals surface area contributed by atoms with Gasteiger partial charge in [-0.25, -0.2) is 4.68 Å². The van der Waals surface area contributed by atoms with Gasteiger partial charge in [-0.3, -0.25) is 9.78 Å². The molecular formula is C21H20N6O. The monoisotopic (exact) mass is 372 g/mol. The number of amides is 1. The average Bonchev–Trinajstić information content (AvgIpc) is 3.39. The summed E-state index contributed by atoms with van der Waals surface area (Å²) in [5, 5.41) is 11.4. The first kappa shape index (κ1) is 17.7. The highest BCUT2D eigenvalue weighted by Crippen LogP contribution is 2.16. The molecule has 0 bridgehead atoms. The van der Waals surface area contributed by atoms with Crippen molar-refractivity contribution >= 4 is 5.91 Å². The Morgan fingerprint density at radius 3 is 2.50 bits per heavy atom. The van der Waals surface area contributed by atoms with Crippen molar-refractivity contribution in [3.8, 4) is 5.82 Å². The van der Waals surface area contributed by atoms with E-state index in [1.165, 1.54) is 0 Å². The van der Waals surface area contributed by atoms with E-state index < -0.39 is 0 Å². The van der Waals surface area contributed by atoms with Crippen LogP contribution in [-0.4, -0.2) is 30.5 Å². The highest BCUT2D eigenvalue weighted by atomic mass is 16.2. The lowest BCUT2D eigenvalue weighted by Gasteiger charge is -2.13. The molecule has 7 heteroatoms. The third kappa shape index (κ3) is 3.68. The normalized spacial score (nSPS) is 11.9. The van der Waals surface area contributed by atoms with E-state index in [1.807, 2.05) is 84.5 Å². The van der Waals surface area contributed by atoms with E-state index in [4.69, 9.17) is 0 Å². The lowest BCUT2D eigenvalue weighted by molar-refractivity contribution is 0.0934. The van der Waals surface area contributed by atoms with Crippen LogP contribution in [0.5, 0.6) is 0 Å². The van der Waals surface area contributed by atoms with Crippen molar-refractivity contribution in [3.63, 3.8) is 0 Å². The maximum atomic E-state index is 12.9. The SMILES string of the molecule is C[C@H](NC(=O)c1nnn(Cc2ccccc2)c1-n1cccc1)c1ccccn1. The van der Waals surface area contributed by atoms with Gasteiger partial charge in [0.2, 0.25) is 0 Å². The maximum absolute atomic E-state index is 12.9. The lowest BCUT2D eigenvalue weighted by atomic mass is 10.2. The third-order valence-corrected chi connectivity index (χ3v) is 4.43. The fraction of sp³-hybridized carbons (Fsp3) is 0.143. The Hall–Kier alpha value is -3.74. The Bertz CT molecular complexity index is 1040. The minimum absolute atomic E-state index is 0.245. The number of hydrogen-bond acceptors (Lipinski definition) is 4. The number of hydrogen-bond donors (Lipinski definition) is 1. The van der Waals surface area contributed by atoms with Gasteiger partial charge in [0.1, 0.15) is 0 Å². The molecule has 7 nitrogen and oxygen atoms in total. The van der Waals surface area contributed by atoms with E-state index >= 15 is 0 Å². The van der Waals surface area contributed by atoms with Crippen molar-refractivity contribution in [3.05, 3.63) is 96.2 Å². The predicted octanol–water partition coefficient (Wildman–Crippen LogP) is 3.00. The second-order valence-corrected chi connectivity index (χ2v) is 6.44. The molecule has 140 valence electrons. The minimum Gasteiger partial charge on any atom is -0.342 e. The number of pyridine rings is 1. The molecule has 0 saturated heterocycles. The molecule has 1 atom stereocenters. The minimum atomic E-state index is -0.291. The highest BCUT2D eigenvalue weighted by Gasteiger charge is 2.23. The van der Waals surface area contributed by atoms with E-state index in [9.17, 15) is 4.79 Å². The number of carbonyl (C=O) groups excluding carboxylic acids is 1. The van der Waals surface area contributed by atoms with Crippen LogP contribution in [-0.2, 0) is 6.54 Å². The van der Waals surface area contributed by atoms with Crippen LogP contribution in [0.3, 0.4) is 0 Å². The number of nitrogens with zero attached hydrogens (tertiary/aromatic N) is 5. The Morgan fingerprint density at radius 1 is 1.04 bits per heavy atom. The molecule has 3 aromatic heterocycles. The van der Waals surface area contributed by atoms with E-state index in [1.54, 1.807) is 10.9 Å². The van der Waals surface area contributed by atoms with Crippen molar-refractivity contribution in [1.29, 1.82) is 0 Å². The Balaban J connectivity index is 1.64. The van der Waals surface area contributed by atoms with E-state index in [2.05, 4.69) is 20.6 Å². The van der Waals surface area contributed by atoms with E-state index in [-0.39, 0.29) is 17.6 Å². The summed E-state index contributed by atoms with van der Waals surface area (Å²) in [6, 6.07) is 19.1. The van der Waals surface area contributed by atoms with Gasteiger partial charge in [-0.05, 0) is 36.8 Å². The molecule has 1 N–H and O–H groups in total. The first-order chi connectivity index (χ1) is 13.7. The van der Waals surface area contributed by atoms with Crippen LogP contribution >= 0.6 is 0 Å². The van der Waals surface area contributed by atoms with Gasteiger partial charge in [-0.15, -0.1) is 5.10 Å². The van der Waals surface area contributed by atoms with E-state index in [0.717, 1.165) is 11.3 Å². The van der Waals surface area contributed by atoms with Crippen molar-refractivity contribution < 1.29 is 4.79 Å². The summed E-state index contributed by atoms with van der Waals surface area (Å²) in [6.45, 7) is 2.41. The summed E-state index contributed by atoms with van der Waals surface area (Å²) in [6.07, 6.45) is 5.46. The molecule has 0 aliphatic heterocycles. The molecule has 0 fully saturated rings. The number of rotatable bonds is 6. The third-order valence-electron chi connectivity index (χ3n) is 4.43. The van der Waals surface area contributed by atoms with Gasteiger partial charge in [0, 0.05) is 18.6 Å². The van der Waals surface area contributed by atoms with Gasteiger partial charge in [-0.2, -0.15) is 0 Å². The lowest BCUT2D eigenvalue weighted by Crippen LogP contribution is -2.28. The molecule has 1 aromatic carbocycles. The fourth-order valence-corrected chi connectivity index (χ4v) is 3.02. The maximum Gasteiger partial charge on any atom is 0.276 e. The van der Waals surface area contributed by atoms with Crippen molar-refractivity contribution in [1.82, 2.24) is 29.9 Å². The number of nitrogens with one attached hydrogen (secondary N) is 1. The Morgan fingerprint density at radius 2 is 1.79 bits per heavy atom. The molecule has 0 aliphatic rings. The van der Waals surface area contributed by atoms with Gasteiger partial charge in [-0.1, -0.05) is 41.6 Å². The number of aromatic nitrogens is 5. The second-order valence-electron chi connectivity index (χ2n) is 6.44. The molecule has 4 rings (SSSR count).